The van der Waals surface area contributed by atoms with Gasteiger partial charge >= 0.3 is 5.97 Å². The number of carbonyl (C=O) groups is 3. The highest BCUT2D eigenvalue weighted by Gasteiger charge is 2.69. The van der Waals surface area contributed by atoms with Gasteiger partial charge in [-0.3, -0.25) is 14.4 Å². The number of ketones is 2. The van der Waals surface area contributed by atoms with Crippen LogP contribution >= 0.6 is 27.5 Å². The highest BCUT2D eigenvalue weighted by molar-refractivity contribution is 9.10. The van der Waals surface area contributed by atoms with Crippen molar-refractivity contribution in [3.8, 4) is 0 Å². The summed E-state index contributed by atoms with van der Waals surface area (Å²) >= 11 is 10.8. The Morgan fingerprint density at radius 3 is 2.41 bits per heavy atom. The standard InChI is InChI=1S/C23H30BrClO4/c1-13(26)22(29-14(2)27)10-7-18-16-12-23(24,25)19-11-15(28)5-8-20(19,3)17(16)6-9-21(18,22)4/h11,16-18H,5-10,12H2,1-4H3/t16-,17+,18+,20-,21+,22+,23?/m1/s1. The molecule has 0 aromatic heterocycles. The summed E-state index contributed by atoms with van der Waals surface area (Å²) in [6.45, 7) is 7.37. The van der Waals surface area contributed by atoms with Gasteiger partial charge in [0, 0.05) is 18.8 Å². The van der Waals surface area contributed by atoms with Crippen LogP contribution in [0.15, 0.2) is 11.6 Å². The number of alkyl halides is 2. The van der Waals surface area contributed by atoms with E-state index in [1.165, 1.54) is 6.92 Å². The maximum Gasteiger partial charge on any atom is 0.303 e. The van der Waals surface area contributed by atoms with E-state index in [1.54, 1.807) is 13.0 Å². The number of fused-ring (bicyclic) bond motifs is 5. The number of esters is 1. The molecule has 0 saturated heterocycles. The lowest BCUT2D eigenvalue weighted by Crippen LogP contribution is -2.60. The zero-order valence-corrected chi connectivity index (χ0v) is 20.0. The number of allylic oxidation sites excluding steroid dienone is 1. The van der Waals surface area contributed by atoms with E-state index >= 15 is 0 Å². The van der Waals surface area contributed by atoms with Crippen molar-refractivity contribution in [2.75, 3.05) is 0 Å². The summed E-state index contributed by atoms with van der Waals surface area (Å²) in [6.07, 6.45) is 7.14. The molecule has 6 heteroatoms. The summed E-state index contributed by atoms with van der Waals surface area (Å²) in [6, 6.07) is 0. The van der Waals surface area contributed by atoms with Crippen LogP contribution in [0.5, 0.6) is 0 Å². The van der Waals surface area contributed by atoms with Crippen LogP contribution in [0, 0.1) is 28.6 Å². The Kier molecular flexibility index (Phi) is 4.95. The Labute approximate surface area is 186 Å². The molecule has 4 nitrogen and oxygen atoms in total. The second-order valence-corrected chi connectivity index (χ2v) is 12.7. The van der Waals surface area contributed by atoms with Crippen LogP contribution in [0.3, 0.4) is 0 Å². The second-order valence-electron chi connectivity index (χ2n) is 10.2. The van der Waals surface area contributed by atoms with Gasteiger partial charge in [0.1, 0.15) is 3.78 Å². The van der Waals surface area contributed by atoms with Crippen LogP contribution in [0.4, 0.5) is 0 Å². The lowest BCUT2D eigenvalue weighted by atomic mass is 9.46. The van der Waals surface area contributed by atoms with Gasteiger partial charge in [-0.25, -0.2) is 0 Å². The number of hydrogen-bond acceptors (Lipinski definition) is 4. The maximum atomic E-state index is 12.8. The molecule has 0 radical (unpaired) electrons. The maximum absolute atomic E-state index is 12.8. The fourth-order valence-electron chi connectivity index (χ4n) is 7.65. The monoisotopic (exact) mass is 484 g/mol. The third-order valence-corrected chi connectivity index (χ3v) is 10.1. The summed E-state index contributed by atoms with van der Waals surface area (Å²) in [5.74, 6) is 0.728. The van der Waals surface area contributed by atoms with E-state index in [0.29, 0.717) is 24.7 Å². The van der Waals surface area contributed by atoms with Crippen LogP contribution in [0.1, 0.15) is 72.6 Å². The molecule has 0 N–H and O–H groups in total. The third kappa shape index (κ3) is 2.86. The Morgan fingerprint density at radius 1 is 1.14 bits per heavy atom. The van der Waals surface area contributed by atoms with Crippen molar-refractivity contribution < 1.29 is 19.1 Å². The molecule has 0 heterocycles. The van der Waals surface area contributed by atoms with Crippen molar-refractivity contribution in [3.63, 3.8) is 0 Å². The van der Waals surface area contributed by atoms with Crippen LogP contribution in [-0.4, -0.2) is 26.9 Å². The van der Waals surface area contributed by atoms with Gasteiger partial charge in [-0.15, -0.1) is 11.6 Å². The lowest BCUT2D eigenvalue weighted by Gasteiger charge is -2.61. The number of rotatable bonds is 2. The zero-order chi connectivity index (χ0) is 21.4. The van der Waals surface area contributed by atoms with Gasteiger partial charge in [-0.05, 0) is 80.3 Å². The molecular formula is C23H30BrClO4. The molecule has 160 valence electrons. The average molecular weight is 486 g/mol. The van der Waals surface area contributed by atoms with Crippen LogP contribution in [0.2, 0.25) is 0 Å². The van der Waals surface area contributed by atoms with Crippen molar-refractivity contribution in [1.82, 2.24) is 0 Å². The molecule has 29 heavy (non-hydrogen) atoms. The minimum absolute atomic E-state index is 0.0435. The van der Waals surface area contributed by atoms with Gasteiger partial charge in [0.05, 0.1) is 0 Å². The first-order valence-corrected chi connectivity index (χ1v) is 11.9. The zero-order valence-electron chi connectivity index (χ0n) is 17.6. The Bertz CT molecular complexity index is 820. The summed E-state index contributed by atoms with van der Waals surface area (Å²) in [5, 5.41) is 0. The number of halogens is 2. The quantitative estimate of drug-likeness (QED) is 0.391. The molecule has 4 aliphatic rings. The summed E-state index contributed by atoms with van der Waals surface area (Å²) in [7, 11) is 0. The molecule has 0 bridgehead atoms. The summed E-state index contributed by atoms with van der Waals surface area (Å²) in [4.78, 5) is 36.9. The van der Waals surface area contributed by atoms with Gasteiger partial charge in [0.15, 0.2) is 17.2 Å². The lowest BCUT2D eigenvalue weighted by molar-refractivity contribution is -0.187. The molecule has 4 rings (SSSR count). The Hall–Kier alpha value is -0.680. The smallest absolute Gasteiger partial charge is 0.303 e. The number of Topliss-reactive ketones (excluding diaryl/α,β-unsaturated/α-hetero) is 1. The Morgan fingerprint density at radius 2 is 1.79 bits per heavy atom. The summed E-state index contributed by atoms with van der Waals surface area (Å²) in [5.41, 5.74) is -0.501. The number of ether oxygens (including phenoxy) is 1. The third-order valence-electron chi connectivity index (χ3n) is 8.96. The SMILES string of the molecule is CC(=O)O[C@]1(C(C)=O)CC[C@H]2[C@@H]3CC(Cl)(Br)C4=CC(=O)CC[C@]4(C)[C@H]3CC[C@@]21C. The molecule has 0 aliphatic heterocycles. The average Bonchev–Trinajstić information content (AvgIpc) is 2.90. The van der Waals surface area contributed by atoms with Crippen molar-refractivity contribution in [2.45, 2.75) is 82.0 Å². The molecule has 7 atom stereocenters. The highest BCUT2D eigenvalue weighted by Crippen LogP contribution is 2.71. The largest absolute Gasteiger partial charge is 0.451 e. The molecule has 1 unspecified atom stereocenters. The molecular weight excluding hydrogens is 456 g/mol. The number of hydrogen-bond donors (Lipinski definition) is 0. The minimum atomic E-state index is -1.03. The van der Waals surface area contributed by atoms with E-state index in [2.05, 4.69) is 29.8 Å². The van der Waals surface area contributed by atoms with Crippen LogP contribution in [0.25, 0.3) is 0 Å². The normalized spacial score (nSPS) is 48.8. The van der Waals surface area contributed by atoms with Gasteiger partial charge in [0.25, 0.3) is 0 Å². The van der Waals surface area contributed by atoms with Crippen molar-refractivity contribution in [3.05, 3.63) is 11.6 Å². The topological polar surface area (TPSA) is 60.4 Å². The molecule has 0 aromatic rings. The van der Waals surface area contributed by atoms with Crippen molar-refractivity contribution in [1.29, 1.82) is 0 Å². The van der Waals surface area contributed by atoms with Gasteiger partial charge in [-0.2, -0.15) is 0 Å². The highest BCUT2D eigenvalue weighted by atomic mass is 79.9. The first-order valence-electron chi connectivity index (χ1n) is 10.7. The van der Waals surface area contributed by atoms with E-state index in [9.17, 15) is 14.4 Å². The predicted molar refractivity (Wildman–Crippen MR) is 115 cm³/mol. The van der Waals surface area contributed by atoms with Crippen molar-refractivity contribution >= 4 is 45.1 Å². The van der Waals surface area contributed by atoms with E-state index in [1.807, 2.05) is 0 Å². The second kappa shape index (κ2) is 6.66. The molecule has 0 aromatic carbocycles. The first kappa shape index (κ1) is 21.5. The predicted octanol–water partition coefficient (Wildman–Crippen LogP) is 5.35. The fourth-order valence-corrected chi connectivity index (χ4v) is 9.04. The van der Waals surface area contributed by atoms with Gasteiger partial charge in [-0.1, -0.05) is 29.8 Å². The first-order chi connectivity index (χ1) is 13.4. The van der Waals surface area contributed by atoms with Crippen LogP contribution < -0.4 is 0 Å². The molecule has 0 amide bonds. The van der Waals surface area contributed by atoms with E-state index < -0.39 is 9.38 Å². The molecule has 0 spiro atoms. The molecule has 3 fully saturated rings. The minimum Gasteiger partial charge on any atom is -0.451 e. The van der Waals surface area contributed by atoms with E-state index in [-0.39, 0.29) is 34.3 Å². The van der Waals surface area contributed by atoms with E-state index in [4.69, 9.17) is 16.3 Å². The number of carbonyl (C=O) groups excluding carboxylic acids is 3. The Balaban J connectivity index is 1.77. The summed E-state index contributed by atoms with van der Waals surface area (Å²) < 4.78 is 5.09. The van der Waals surface area contributed by atoms with Crippen molar-refractivity contribution in [2.24, 2.45) is 28.6 Å². The molecule has 3 saturated carbocycles. The van der Waals surface area contributed by atoms with E-state index in [0.717, 1.165) is 37.7 Å². The fraction of sp³-hybridized carbons (Fsp3) is 0.783. The molecule has 4 aliphatic carbocycles. The van der Waals surface area contributed by atoms with Gasteiger partial charge in [0.2, 0.25) is 0 Å². The van der Waals surface area contributed by atoms with Gasteiger partial charge < -0.3 is 4.74 Å². The van der Waals surface area contributed by atoms with Crippen LogP contribution in [-0.2, 0) is 19.1 Å².